The SMILES string of the molecule is CCOC(=O)[C@H](C)NCOC[C@@]1(C#N)O[C@@H](c2ccc3c(N)ncnn23)[C@H](OC(=O)CC)[C@@H]1OC(=O)CC. The van der Waals surface area contributed by atoms with E-state index in [0.29, 0.717) is 11.2 Å². The predicted molar refractivity (Wildman–Crippen MR) is 130 cm³/mol. The van der Waals surface area contributed by atoms with Crippen LogP contribution in [0.1, 0.15) is 52.3 Å². The Hall–Kier alpha value is -3.80. The van der Waals surface area contributed by atoms with Crippen molar-refractivity contribution in [1.29, 1.82) is 5.26 Å². The van der Waals surface area contributed by atoms with E-state index in [9.17, 15) is 19.6 Å². The molecule has 1 aliphatic rings. The molecule has 0 aromatic carbocycles. The van der Waals surface area contributed by atoms with Crippen LogP contribution in [0.3, 0.4) is 0 Å². The summed E-state index contributed by atoms with van der Waals surface area (Å²) in [6.07, 6.45) is -2.33. The molecule has 206 valence electrons. The van der Waals surface area contributed by atoms with Crippen LogP contribution in [0.5, 0.6) is 0 Å². The number of rotatable bonds is 12. The number of hydrogen-bond donors (Lipinski definition) is 2. The van der Waals surface area contributed by atoms with Crippen LogP contribution in [0.15, 0.2) is 18.5 Å². The Morgan fingerprint density at radius 3 is 2.61 bits per heavy atom. The first-order chi connectivity index (χ1) is 18.2. The summed E-state index contributed by atoms with van der Waals surface area (Å²) in [5, 5.41) is 17.3. The average Bonchev–Trinajstić information content (AvgIpc) is 3.47. The molecule has 3 heterocycles. The number of anilines is 1. The molecule has 3 N–H and O–H groups in total. The van der Waals surface area contributed by atoms with Crippen LogP contribution < -0.4 is 11.1 Å². The number of nitrogen functional groups attached to an aromatic ring is 1. The minimum atomic E-state index is -1.87. The first-order valence-corrected chi connectivity index (χ1v) is 12.2. The van der Waals surface area contributed by atoms with Gasteiger partial charge in [-0.3, -0.25) is 19.7 Å². The van der Waals surface area contributed by atoms with Gasteiger partial charge in [-0.1, -0.05) is 13.8 Å². The summed E-state index contributed by atoms with van der Waals surface area (Å²) in [7, 11) is 0. The smallest absolute Gasteiger partial charge is 0.322 e. The molecule has 5 atom stereocenters. The molecule has 1 aliphatic heterocycles. The van der Waals surface area contributed by atoms with Gasteiger partial charge in [-0.15, -0.1) is 0 Å². The largest absolute Gasteiger partial charge is 0.465 e. The molecule has 0 amide bonds. The number of nitrogens with zero attached hydrogens (tertiary/aromatic N) is 4. The lowest BCUT2D eigenvalue weighted by atomic mass is 9.95. The number of carbonyl (C=O) groups excluding carboxylic acids is 3. The molecule has 0 aliphatic carbocycles. The van der Waals surface area contributed by atoms with Gasteiger partial charge in [0.05, 0.1) is 25.6 Å². The highest BCUT2D eigenvalue weighted by Gasteiger charge is 2.61. The molecule has 3 rings (SSSR count). The van der Waals surface area contributed by atoms with Crippen LogP contribution in [0.4, 0.5) is 5.82 Å². The predicted octanol–water partition coefficient (Wildman–Crippen LogP) is 0.804. The first-order valence-electron chi connectivity index (χ1n) is 12.2. The zero-order valence-corrected chi connectivity index (χ0v) is 21.7. The summed E-state index contributed by atoms with van der Waals surface area (Å²) in [6.45, 7) is 6.19. The number of nitrogens with one attached hydrogen (secondary N) is 1. The quantitative estimate of drug-likeness (QED) is 0.169. The molecule has 0 radical (unpaired) electrons. The summed E-state index contributed by atoms with van der Waals surface area (Å²) in [6, 6.07) is 4.69. The topological polar surface area (TPSA) is 189 Å². The Morgan fingerprint density at radius 2 is 1.95 bits per heavy atom. The van der Waals surface area contributed by atoms with E-state index in [-0.39, 0.29) is 38.6 Å². The second kappa shape index (κ2) is 12.6. The van der Waals surface area contributed by atoms with Crippen LogP contribution in [0.25, 0.3) is 5.52 Å². The van der Waals surface area contributed by atoms with Gasteiger partial charge < -0.3 is 29.4 Å². The lowest BCUT2D eigenvalue weighted by Gasteiger charge is -2.28. The minimum Gasteiger partial charge on any atom is -0.465 e. The number of ether oxygens (including phenoxy) is 5. The highest BCUT2D eigenvalue weighted by atomic mass is 16.7. The summed E-state index contributed by atoms with van der Waals surface area (Å²) in [4.78, 5) is 40.6. The Labute approximate surface area is 219 Å². The number of esters is 3. The normalized spacial score (nSPS) is 23.5. The summed E-state index contributed by atoms with van der Waals surface area (Å²) < 4.78 is 29.6. The van der Waals surface area contributed by atoms with Crippen molar-refractivity contribution < 1.29 is 38.1 Å². The highest BCUT2D eigenvalue weighted by Crippen LogP contribution is 2.44. The Kier molecular flexibility index (Phi) is 9.56. The number of carbonyl (C=O) groups is 3. The van der Waals surface area contributed by atoms with E-state index < -0.39 is 47.9 Å². The maximum absolute atomic E-state index is 12.4. The second-order valence-electron chi connectivity index (χ2n) is 8.48. The Balaban J connectivity index is 1.95. The van der Waals surface area contributed by atoms with Crippen molar-refractivity contribution in [1.82, 2.24) is 19.9 Å². The monoisotopic (exact) mass is 532 g/mol. The number of nitrogens with two attached hydrogens (primary N) is 1. The lowest BCUT2D eigenvalue weighted by Crippen LogP contribution is -2.50. The van der Waals surface area contributed by atoms with E-state index in [1.54, 1.807) is 39.8 Å². The van der Waals surface area contributed by atoms with Crippen molar-refractivity contribution >= 4 is 29.2 Å². The molecule has 0 bridgehead atoms. The van der Waals surface area contributed by atoms with Gasteiger partial charge in [0.25, 0.3) is 0 Å². The van der Waals surface area contributed by atoms with Crippen molar-refractivity contribution in [2.24, 2.45) is 0 Å². The van der Waals surface area contributed by atoms with Crippen LogP contribution in [-0.2, 0) is 38.1 Å². The molecule has 14 nitrogen and oxygen atoms in total. The van der Waals surface area contributed by atoms with Gasteiger partial charge in [-0.25, -0.2) is 9.50 Å². The van der Waals surface area contributed by atoms with Gasteiger partial charge in [0, 0.05) is 12.8 Å². The van der Waals surface area contributed by atoms with Gasteiger partial charge in [-0.2, -0.15) is 10.4 Å². The van der Waals surface area contributed by atoms with Gasteiger partial charge in [0.1, 0.15) is 30.1 Å². The third kappa shape index (κ3) is 6.01. The highest BCUT2D eigenvalue weighted by molar-refractivity contribution is 5.75. The molecule has 0 unspecified atom stereocenters. The summed E-state index contributed by atoms with van der Waals surface area (Å²) >= 11 is 0. The van der Waals surface area contributed by atoms with Crippen LogP contribution in [0.2, 0.25) is 0 Å². The van der Waals surface area contributed by atoms with E-state index in [0.717, 1.165) is 0 Å². The number of nitriles is 1. The third-order valence-corrected chi connectivity index (χ3v) is 5.94. The van der Waals surface area contributed by atoms with Crippen molar-refractivity contribution in [3.05, 3.63) is 24.2 Å². The summed E-state index contributed by atoms with van der Waals surface area (Å²) in [5.41, 5.74) is 4.96. The second-order valence-corrected chi connectivity index (χ2v) is 8.48. The summed E-state index contributed by atoms with van der Waals surface area (Å²) in [5.74, 6) is -1.48. The fraction of sp³-hybridized carbons (Fsp3) is 0.583. The van der Waals surface area contributed by atoms with E-state index in [2.05, 4.69) is 21.5 Å². The van der Waals surface area contributed by atoms with E-state index >= 15 is 0 Å². The van der Waals surface area contributed by atoms with E-state index in [1.807, 2.05) is 0 Å². The van der Waals surface area contributed by atoms with Gasteiger partial charge in [0.15, 0.2) is 18.0 Å². The molecule has 14 heteroatoms. The minimum absolute atomic E-state index is 0.00834. The van der Waals surface area contributed by atoms with Gasteiger partial charge in [0.2, 0.25) is 5.60 Å². The van der Waals surface area contributed by atoms with Crippen LogP contribution >= 0.6 is 0 Å². The Bertz CT molecular complexity index is 1200. The maximum Gasteiger partial charge on any atom is 0.322 e. The molecule has 38 heavy (non-hydrogen) atoms. The van der Waals surface area contributed by atoms with Gasteiger partial charge >= 0.3 is 17.9 Å². The molecule has 2 aromatic heterocycles. The van der Waals surface area contributed by atoms with Crippen molar-refractivity contribution in [3.63, 3.8) is 0 Å². The number of aromatic nitrogens is 3. The number of hydrogen-bond acceptors (Lipinski definition) is 13. The molecular weight excluding hydrogens is 500 g/mol. The van der Waals surface area contributed by atoms with Crippen molar-refractivity contribution in [2.75, 3.05) is 25.7 Å². The zero-order valence-electron chi connectivity index (χ0n) is 21.7. The van der Waals surface area contributed by atoms with Crippen LogP contribution in [0, 0.1) is 11.3 Å². The molecule has 2 aromatic rings. The van der Waals surface area contributed by atoms with E-state index in [1.165, 1.54) is 10.8 Å². The number of fused-ring (bicyclic) bond motifs is 1. The maximum atomic E-state index is 12.4. The molecular formula is C24H32N6O8. The molecule has 1 fully saturated rings. The van der Waals surface area contributed by atoms with E-state index in [4.69, 9.17) is 29.4 Å². The zero-order chi connectivity index (χ0) is 27.9. The standard InChI is InChI=1S/C24H32N6O8/c1-5-17(31)36-20-19(15-8-9-16-22(26)27-12-29-30(15)16)38-24(10-25,21(20)37-18(32)6-2)11-34-13-28-14(4)23(33)35-7-3/h8-9,12,14,19-21,28H,5-7,11,13H2,1-4H3,(H2,26,27,29)/t14-,19-,20-,21-,24+/m0/s1. The molecule has 0 spiro atoms. The van der Waals surface area contributed by atoms with Crippen LogP contribution in [-0.4, -0.2) is 76.3 Å². The average molecular weight is 533 g/mol. The van der Waals surface area contributed by atoms with Crippen molar-refractivity contribution in [3.8, 4) is 6.07 Å². The molecule has 1 saturated heterocycles. The fourth-order valence-electron chi connectivity index (χ4n) is 3.92. The van der Waals surface area contributed by atoms with Crippen molar-refractivity contribution in [2.45, 2.75) is 70.5 Å². The fourth-order valence-corrected chi connectivity index (χ4v) is 3.92. The first kappa shape index (κ1) is 28.8. The lowest BCUT2D eigenvalue weighted by molar-refractivity contribution is -0.170. The Morgan fingerprint density at radius 1 is 1.24 bits per heavy atom. The van der Waals surface area contributed by atoms with Gasteiger partial charge in [-0.05, 0) is 26.0 Å². The third-order valence-electron chi connectivity index (χ3n) is 5.94. The molecule has 0 saturated carbocycles.